The standard InChI is InChI=1S/C33H44FN5O8S/c1-46-19-28-24-9-7-10-25(34)23(24)14-15-38(28)32(43)47-21-16-27-29(40)36-33(31(42)37-48(44,45)22-12-13-22)17-20(33)8-5-3-2-4-6-11-26(35)30(41)39(27)18-21/h5,7-10,20-22,26-28H,2-4,6,11-19,35H2,1H3,(H,36,40)(H,37,42)/p+1/b8-5-/t20-,21-,26+,27?,28?,33-/m1/s1. The van der Waals surface area contributed by atoms with Crippen molar-refractivity contribution in [3.63, 3.8) is 0 Å². The maximum absolute atomic E-state index is 14.6. The van der Waals surface area contributed by atoms with E-state index < -0.39 is 68.9 Å². The van der Waals surface area contributed by atoms with Crippen LogP contribution in [0.5, 0.6) is 0 Å². The van der Waals surface area contributed by atoms with E-state index in [0.717, 1.165) is 25.7 Å². The fourth-order valence-electron chi connectivity index (χ4n) is 7.26. The minimum Gasteiger partial charge on any atom is -0.444 e. The quantitative estimate of drug-likeness (QED) is 0.372. The first-order valence-electron chi connectivity index (χ1n) is 16.9. The van der Waals surface area contributed by atoms with Crippen molar-refractivity contribution in [3.05, 3.63) is 47.3 Å². The molecule has 3 aliphatic heterocycles. The summed E-state index contributed by atoms with van der Waals surface area (Å²) in [4.78, 5) is 57.7. The number of amides is 4. The number of nitrogens with zero attached hydrogens (tertiary/aromatic N) is 2. The molecule has 48 heavy (non-hydrogen) atoms. The van der Waals surface area contributed by atoms with Crippen molar-refractivity contribution in [2.75, 3.05) is 26.8 Å². The lowest BCUT2D eigenvalue weighted by Gasteiger charge is -2.36. The minimum atomic E-state index is -3.87. The van der Waals surface area contributed by atoms with Gasteiger partial charge in [0, 0.05) is 32.4 Å². The normalized spacial score (nSPS) is 31.7. The molecule has 0 bridgehead atoms. The number of halogens is 1. The van der Waals surface area contributed by atoms with E-state index in [1.54, 1.807) is 12.1 Å². The van der Waals surface area contributed by atoms with Crippen LogP contribution in [-0.2, 0) is 40.3 Å². The molecule has 0 aromatic heterocycles. The molecule has 1 aromatic carbocycles. The van der Waals surface area contributed by atoms with Crippen molar-refractivity contribution >= 4 is 33.8 Å². The number of allylic oxidation sites excluding steroid dienone is 1. The number of quaternary nitrogens is 1. The minimum absolute atomic E-state index is 0.0252. The summed E-state index contributed by atoms with van der Waals surface area (Å²) in [6.45, 7) is 0.254. The topological polar surface area (TPSA) is 179 Å². The fraction of sp³-hybridized carbons (Fsp3) is 0.636. The molecule has 3 fully saturated rings. The number of carbonyl (C=O) groups excluding carboxylic acids is 4. The molecule has 2 aliphatic carbocycles. The van der Waals surface area contributed by atoms with Gasteiger partial charge in [0.05, 0.1) is 24.4 Å². The smallest absolute Gasteiger partial charge is 0.410 e. The molecule has 5 N–H and O–H groups in total. The Hall–Kier alpha value is -3.56. The van der Waals surface area contributed by atoms with Gasteiger partial charge in [-0.2, -0.15) is 0 Å². The molecule has 15 heteroatoms. The fourth-order valence-corrected chi connectivity index (χ4v) is 8.63. The predicted octanol–water partition coefficient (Wildman–Crippen LogP) is 1.09. The Balaban J connectivity index is 1.22. The van der Waals surface area contributed by atoms with Gasteiger partial charge in [-0.1, -0.05) is 30.7 Å². The van der Waals surface area contributed by atoms with E-state index in [-0.39, 0.29) is 50.7 Å². The van der Waals surface area contributed by atoms with Crippen LogP contribution in [0, 0.1) is 11.7 Å². The first-order valence-corrected chi connectivity index (χ1v) is 18.4. The number of ether oxygens (including phenoxy) is 2. The third kappa shape index (κ3) is 6.95. The second kappa shape index (κ2) is 13.7. The molecular formula is C33H45FN5O8S+. The lowest BCUT2D eigenvalue weighted by Crippen LogP contribution is -2.69. The lowest BCUT2D eigenvalue weighted by atomic mass is 9.93. The second-order valence-corrected chi connectivity index (χ2v) is 15.6. The summed E-state index contributed by atoms with van der Waals surface area (Å²) < 4.78 is 53.4. The van der Waals surface area contributed by atoms with Gasteiger partial charge in [-0.15, -0.1) is 0 Å². The number of methoxy groups -OCH3 is 1. The predicted molar refractivity (Wildman–Crippen MR) is 170 cm³/mol. The number of hydrogen-bond acceptors (Lipinski definition) is 8. The maximum Gasteiger partial charge on any atom is 0.410 e. The maximum atomic E-state index is 14.6. The summed E-state index contributed by atoms with van der Waals surface area (Å²) in [5, 5.41) is 2.20. The molecule has 13 nitrogen and oxygen atoms in total. The molecule has 6 rings (SSSR count). The van der Waals surface area contributed by atoms with E-state index in [0.29, 0.717) is 30.4 Å². The third-order valence-corrected chi connectivity index (χ3v) is 12.1. The van der Waals surface area contributed by atoms with Crippen LogP contribution in [0.3, 0.4) is 0 Å². The summed E-state index contributed by atoms with van der Waals surface area (Å²) >= 11 is 0. The van der Waals surface area contributed by atoms with Crippen molar-refractivity contribution in [2.24, 2.45) is 5.92 Å². The molecule has 2 unspecified atom stereocenters. The number of benzene rings is 1. The van der Waals surface area contributed by atoms with Gasteiger partial charge < -0.3 is 25.4 Å². The van der Waals surface area contributed by atoms with Crippen LogP contribution in [0.2, 0.25) is 0 Å². The largest absolute Gasteiger partial charge is 0.444 e. The van der Waals surface area contributed by atoms with E-state index in [9.17, 15) is 32.0 Å². The average molecular weight is 691 g/mol. The Morgan fingerprint density at radius 1 is 1.17 bits per heavy atom. The molecule has 1 saturated heterocycles. The molecular weight excluding hydrogens is 645 g/mol. The number of fused-ring (bicyclic) bond motifs is 3. The van der Waals surface area contributed by atoms with Gasteiger partial charge in [0.25, 0.3) is 11.8 Å². The van der Waals surface area contributed by atoms with Crippen LogP contribution >= 0.6 is 0 Å². The van der Waals surface area contributed by atoms with Crippen LogP contribution in [0.15, 0.2) is 30.4 Å². The highest BCUT2D eigenvalue weighted by molar-refractivity contribution is 7.91. The Morgan fingerprint density at radius 2 is 1.96 bits per heavy atom. The number of nitrogens with one attached hydrogen (secondary N) is 2. The SMILES string of the molecule is COCC1c2cccc(F)c2CCN1C(=O)O[C@@H]1CC2C(=O)N[C@]3(C(=O)NS(=O)(=O)C4CC4)C[C@H]3/C=C\CCCCC[C@H]([NH3+])C(=O)N2C1. The summed E-state index contributed by atoms with van der Waals surface area (Å²) in [5.74, 6) is -2.53. The molecule has 0 spiro atoms. The Kier molecular flexibility index (Phi) is 9.83. The highest BCUT2D eigenvalue weighted by Gasteiger charge is 2.62. The third-order valence-electron chi connectivity index (χ3n) is 10.3. The van der Waals surface area contributed by atoms with Crippen LogP contribution in [0.4, 0.5) is 9.18 Å². The zero-order chi connectivity index (χ0) is 34.2. The molecule has 6 atom stereocenters. The van der Waals surface area contributed by atoms with Gasteiger partial charge in [0.2, 0.25) is 15.9 Å². The molecule has 2 saturated carbocycles. The Morgan fingerprint density at radius 3 is 2.71 bits per heavy atom. The van der Waals surface area contributed by atoms with E-state index in [4.69, 9.17) is 9.47 Å². The van der Waals surface area contributed by atoms with Crippen LogP contribution in [0.1, 0.15) is 75.0 Å². The zero-order valence-corrected chi connectivity index (χ0v) is 28.0. The van der Waals surface area contributed by atoms with Crippen molar-refractivity contribution < 1.29 is 47.2 Å². The van der Waals surface area contributed by atoms with E-state index in [1.807, 2.05) is 12.2 Å². The average Bonchev–Trinajstić information content (AvgIpc) is 3.97. The van der Waals surface area contributed by atoms with Crippen LogP contribution < -0.4 is 15.8 Å². The molecule has 4 amide bonds. The van der Waals surface area contributed by atoms with E-state index in [1.165, 1.54) is 23.0 Å². The van der Waals surface area contributed by atoms with E-state index in [2.05, 4.69) is 15.8 Å². The van der Waals surface area contributed by atoms with Gasteiger partial charge in [0.15, 0.2) is 6.04 Å². The monoisotopic (exact) mass is 690 g/mol. The first kappa shape index (κ1) is 34.3. The molecule has 5 aliphatic rings. The molecule has 3 heterocycles. The van der Waals surface area contributed by atoms with Crippen molar-refractivity contribution in [2.45, 2.75) is 99.2 Å². The van der Waals surface area contributed by atoms with Gasteiger partial charge in [-0.3, -0.25) is 24.0 Å². The van der Waals surface area contributed by atoms with Crippen molar-refractivity contribution in [1.29, 1.82) is 0 Å². The van der Waals surface area contributed by atoms with Crippen LogP contribution in [-0.4, -0.2) is 97.8 Å². The second-order valence-electron chi connectivity index (χ2n) is 13.7. The summed E-state index contributed by atoms with van der Waals surface area (Å²) in [6.07, 6.45) is 7.50. The highest BCUT2D eigenvalue weighted by atomic mass is 32.2. The first-order chi connectivity index (χ1) is 22.9. The highest BCUT2D eigenvalue weighted by Crippen LogP contribution is 2.46. The molecule has 262 valence electrons. The summed E-state index contributed by atoms with van der Waals surface area (Å²) in [5.41, 5.74) is 3.75. The van der Waals surface area contributed by atoms with Gasteiger partial charge >= 0.3 is 6.09 Å². The number of hydrogen-bond donors (Lipinski definition) is 3. The van der Waals surface area contributed by atoms with Gasteiger partial charge in [-0.25, -0.2) is 17.6 Å². The number of sulfonamides is 1. The summed E-state index contributed by atoms with van der Waals surface area (Å²) in [7, 11) is -2.37. The van der Waals surface area contributed by atoms with Gasteiger partial charge in [0.1, 0.15) is 23.5 Å². The Bertz CT molecular complexity index is 1590. The number of rotatable bonds is 6. The summed E-state index contributed by atoms with van der Waals surface area (Å²) in [6, 6.07) is 2.42. The zero-order valence-electron chi connectivity index (χ0n) is 27.2. The molecule has 1 aromatic rings. The number of carbonyl (C=O) groups is 4. The van der Waals surface area contributed by atoms with Gasteiger partial charge in [-0.05, 0) is 62.1 Å². The van der Waals surface area contributed by atoms with Crippen LogP contribution in [0.25, 0.3) is 0 Å². The Labute approximate surface area is 279 Å². The van der Waals surface area contributed by atoms with E-state index >= 15 is 0 Å². The molecule has 0 radical (unpaired) electrons. The van der Waals surface area contributed by atoms with Crippen molar-refractivity contribution in [1.82, 2.24) is 19.8 Å². The van der Waals surface area contributed by atoms with Crippen molar-refractivity contribution in [3.8, 4) is 0 Å². The lowest BCUT2D eigenvalue weighted by molar-refractivity contribution is -0.407.